The fourth-order valence-electron chi connectivity index (χ4n) is 2.26. The summed E-state index contributed by atoms with van der Waals surface area (Å²) in [6.45, 7) is 4.71. The fourth-order valence-corrected chi connectivity index (χ4v) is 2.26. The summed E-state index contributed by atoms with van der Waals surface area (Å²) in [5.74, 6) is 0. The summed E-state index contributed by atoms with van der Waals surface area (Å²) < 4.78 is 11.8. The SMILES string of the molecule is C=C[C@@H](OCc1ccccc1)[C@@H](CC=O)OCc1ccccc1. The molecule has 3 heteroatoms. The highest BCUT2D eigenvalue weighted by atomic mass is 16.5. The zero-order chi connectivity index (χ0) is 16.3. The van der Waals surface area contributed by atoms with Crippen LogP contribution in [0, 0.1) is 0 Å². The average Bonchev–Trinajstić information content (AvgIpc) is 2.62. The van der Waals surface area contributed by atoms with Gasteiger partial charge in [-0.15, -0.1) is 6.58 Å². The maximum absolute atomic E-state index is 11.0. The molecular weight excluding hydrogens is 288 g/mol. The van der Waals surface area contributed by atoms with E-state index in [1.54, 1.807) is 6.08 Å². The monoisotopic (exact) mass is 310 g/mol. The minimum absolute atomic E-state index is 0.276. The van der Waals surface area contributed by atoms with Crippen molar-refractivity contribution >= 4 is 6.29 Å². The second-order valence-electron chi connectivity index (χ2n) is 5.23. The Balaban J connectivity index is 1.92. The number of hydrogen-bond acceptors (Lipinski definition) is 3. The Hall–Kier alpha value is -2.23. The van der Waals surface area contributed by atoms with Crippen LogP contribution in [0.1, 0.15) is 17.5 Å². The zero-order valence-corrected chi connectivity index (χ0v) is 13.1. The Morgan fingerprint density at radius 2 is 1.39 bits per heavy atom. The minimum Gasteiger partial charge on any atom is -0.370 e. The molecule has 0 spiro atoms. The molecule has 2 rings (SSSR count). The highest BCUT2D eigenvalue weighted by molar-refractivity contribution is 5.50. The van der Waals surface area contributed by atoms with E-state index < -0.39 is 0 Å². The molecule has 0 saturated carbocycles. The topological polar surface area (TPSA) is 35.5 Å². The highest BCUT2D eigenvalue weighted by Gasteiger charge is 2.20. The molecule has 23 heavy (non-hydrogen) atoms. The van der Waals surface area contributed by atoms with Gasteiger partial charge in [-0.05, 0) is 11.1 Å². The first-order valence-electron chi connectivity index (χ1n) is 7.70. The third-order valence-electron chi connectivity index (χ3n) is 3.52. The Morgan fingerprint density at radius 1 is 0.870 bits per heavy atom. The number of carbonyl (C=O) groups is 1. The minimum atomic E-state index is -0.339. The highest BCUT2D eigenvalue weighted by Crippen LogP contribution is 2.14. The van der Waals surface area contributed by atoms with Crippen LogP contribution in [-0.4, -0.2) is 18.5 Å². The molecule has 0 aliphatic heterocycles. The standard InChI is InChI=1S/C20H22O3/c1-2-19(22-15-17-9-5-3-6-10-17)20(13-14-21)23-16-18-11-7-4-8-12-18/h2-12,14,19-20H,1,13,15-16H2/t19-,20-/m1/s1. The summed E-state index contributed by atoms with van der Waals surface area (Å²) in [5, 5.41) is 0. The Kier molecular flexibility index (Phi) is 7.24. The number of hydrogen-bond donors (Lipinski definition) is 0. The van der Waals surface area contributed by atoms with E-state index >= 15 is 0 Å². The molecule has 2 atom stereocenters. The summed E-state index contributed by atoms with van der Waals surface area (Å²) in [7, 11) is 0. The third-order valence-corrected chi connectivity index (χ3v) is 3.52. The summed E-state index contributed by atoms with van der Waals surface area (Å²) in [4.78, 5) is 11.0. The van der Waals surface area contributed by atoms with Gasteiger partial charge in [0, 0.05) is 6.42 Å². The van der Waals surface area contributed by atoms with Gasteiger partial charge in [0.25, 0.3) is 0 Å². The van der Waals surface area contributed by atoms with Crippen molar-refractivity contribution in [2.24, 2.45) is 0 Å². The van der Waals surface area contributed by atoms with Crippen molar-refractivity contribution in [1.29, 1.82) is 0 Å². The molecular formula is C20H22O3. The molecule has 0 N–H and O–H groups in total. The molecule has 0 aromatic heterocycles. The van der Waals surface area contributed by atoms with Gasteiger partial charge in [0.15, 0.2) is 0 Å². The molecule has 0 aliphatic carbocycles. The van der Waals surface area contributed by atoms with Gasteiger partial charge >= 0.3 is 0 Å². The molecule has 0 saturated heterocycles. The predicted octanol–water partition coefficient (Wildman–Crippen LogP) is 3.93. The second-order valence-corrected chi connectivity index (χ2v) is 5.23. The maximum atomic E-state index is 11.0. The molecule has 2 aromatic rings. The summed E-state index contributed by atoms with van der Waals surface area (Å²) >= 11 is 0. The van der Waals surface area contributed by atoms with Gasteiger partial charge in [-0.3, -0.25) is 0 Å². The molecule has 2 aromatic carbocycles. The fraction of sp³-hybridized carbons (Fsp3) is 0.250. The van der Waals surface area contributed by atoms with Crippen LogP contribution in [0.2, 0.25) is 0 Å². The zero-order valence-electron chi connectivity index (χ0n) is 13.1. The van der Waals surface area contributed by atoms with Gasteiger partial charge < -0.3 is 14.3 Å². The smallest absolute Gasteiger partial charge is 0.122 e. The van der Waals surface area contributed by atoms with Gasteiger partial charge in [0.1, 0.15) is 12.4 Å². The molecule has 0 unspecified atom stereocenters. The summed E-state index contributed by atoms with van der Waals surface area (Å²) in [6, 6.07) is 19.8. The molecule has 0 bridgehead atoms. The Labute approximate surface area is 137 Å². The molecule has 0 heterocycles. The third kappa shape index (κ3) is 5.81. The van der Waals surface area contributed by atoms with Crippen molar-refractivity contribution in [1.82, 2.24) is 0 Å². The number of ether oxygens (including phenoxy) is 2. The quantitative estimate of drug-likeness (QED) is 0.493. The first-order valence-corrected chi connectivity index (χ1v) is 7.70. The molecule has 120 valence electrons. The largest absolute Gasteiger partial charge is 0.370 e. The Morgan fingerprint density at radius 3 is 1.87 bits per heavy atom. The first kappa shape index (κ1) is 17.1. The maximum Gasteiger partial charge on any atom is 0.122 e. The van der Waals surface area contributed by atoms with Crippen molar-refractivity contribution in [3.8, 4) is 0 Å². The van der Waals surface area contributed by atoms with Crippen LogP contribution in [-0.2, 0) is 27.5 Å². The van der Waals surface area contributed by atoms with Gasteiger partial charge in [0.05, 0.1) is 19.3 Å². The first-order chi connectivity index (χ1) is 11.3. The van der Waals surface area contributed by atoms with Gasteiger partial charge in [0.2, 0.25) is 0 Å². The van der Waals surface area contributed by atoms with Crippen molar-refractivity contribution in [3.05, 3.63) is 84.4 Å². The van der Waals surface area contributed by atoms with Crippen molar-refractivity contribution in [2.45, 2.75) is 31.8 Å². The predicted molar refractivity (Wildman–Crippen MR) is 90.9 cm³/mol. The van der Waals surface area contributed by atoms with E-state index in [9.17, 15) is 4.79 Å². The summed E-state index contributed by atoms with van der Waals surface area (Å²) in [5.41, 5.74) is 2.14. The van der Waals surface area contributed by atoms with E-state index in [2.05, 4.69) is 6.58 Å². The lowest BCUT2D eigenvalue weighted by molar-refractivity contribution is -0.115. The van der Waals surface area contributed by atoms with Gasteiger partial charge in [-0.1, -0.05) is 66.7 Å². The lowest BCUT2D eigenvalue weighted by atomic mass is 10.1. The van der Waals surface area contributed by atoms with Crippen LogP contribution in [0.4, 0.5) is 0 Å². The van der Waals surface area contributed by atoms with Crippen molar-refractivity contribution < 1.29 is 14.3 Å². The molecule has 3 nitrogen and oxygen atoms in total. The normalized spacial score (nSPS) is 13.2. The van der Waals surface area contributed by atoms with E-state index in [1.807, 2.05) is 60.7 Å². The molecule has 0 fully saturated rings. The van der Waals surface area contributed by atoms with E-state index in [0.29, 0.717) is 13.2 Å². The van der Waals surface area contributed by atoms with Crippen molar-refractivity contribution in [2.75, 3.05) is 0 Å². The number of rotatable bonds is 10. The van der Waals surface area contributed by atoms with Gasteiger partial charge in [-0.25, -0.2) is 0 Å². The van der Waals surface area contributed by atoms with E-state index in [4.69, 9.17) is 9.47 Å². The lowest BCUT2D eigenvalue weighted by Crippen LogP contribution is -2.30. The van der Waals surface area contributed by atoms with Crippen LogP contribution in [0.3, 0.4) is 0 Å². The van der Waals surface area contributed by atoms with E-state index in [-0.39, 0.29) is 18.6 Å². The van der Waals surface area contributed by atoms with Crippen LogP contribution in [0.15, 0.2) is 73.3 Å². The van der Waals surface area contributed by atoms with Crippen LogP contribution in [0.25, 0.3) is 0 Å². The average molecular weight is 310 g/mol. The van der Waals surface area contributed by atoms with Crippen LogP contribution < -0.4 is 0 Å². The van der Waals surface area contributed by atoms with Gasteiger partial charge in [-0.2, -0.15) is 0 Å². The number of carbonyl (C=O) groups excluding carboxylic acids is 1. The number of aldehydes is 1. The molecule has 0 amide bonds. The second kappa shape index (κ2) is 9.72. The van der Waals surface area contributed by atoms with Crippen molar-refractivity contribution in [3.63, 3.8) is 0 Å². The van der Waals surface area contributed by atoms with E-state index in [1.165, 1.54) is 0 Å². The lowest BCUT2D eigenvalue weighted by Gasteiger charge is -2.24. The van der Waals surface area contributed by atoms with E-state index in [0.717, 1.165) is 17.4 Å². The Bertz CT molecular complexity index is 580. The number of benzene rings is 2. The van der Waals surface area contributed by atoms with Crippen LogP contribution >= 0.6 is 0 Å². The summed E-state index contributed by atoms with van der Waals surface area (Å²) in [6.07, 6.45) is 2.16. The van der Waals surface area contributed by atoms with Crippen LogP contribution in [0.5, 0.6) is 0 Å². The molecule has 0 aliphatic rings. The molecule has 0 radical (unpaired) electrons.